The third-order valence-electron chi connectivity index (χ3n) is 8.74. The molecule has 0 unspecified atom stereocenters. The zero-order valence-corrected chi connectivity index (χ0v) is 26.0. The van der Waals surface area contributed by atoms with Gasteiger partial charge in [0.05, 0.1) is 35.8 Å². The molecule has 3 aliphatic heterocycles. The van der Waals surface area contributed by atoms with Crippen molar-refractivity contribution < 1.29 is 13.9 Å². The Labute approximate surface area is 263 Å². The first-order chi connectivity index (χ1) is 21.2. The van der Waals surface area contributed by atoms with E-state index in [1.54, 1.807) is 6.08 Å². The molecule has 0 bridgehead atoms. The highest BCUT2D eigenvalue weighted by molar-refractivity contribution is 6.49. The second-order valence-corrected chi connectivity index (χ2v) is 11.9. The average molecular weight is 618 g/mol. The Hall–Kier alpha value is -4.12. The van der Waals surface area contributed by atoms with Crippen LogP contribution in [0.5, 0.6) is 6.01 Å². The van der Waals surface area contributed by atoms with Gasteiger partial charge in [0.2, 0.25) is 0 Å². The molecule has 44 heavy (non-hydrogen) atoms. The van der Waals surface area contributed by atoms with E-state index in [1.807, 2.05) is 25.1 Å². The van der Waals surface area contributed by atoms with Crippen molar-refractivity contribution in [3.63, 3.8) is 0 Å². The number of carbonyl (C=O) groups is 1. The molecule has 3 aliphatic rings. The van der Waals surface area contributed by atoms with Crippen molar-refractivity contribution in [1.82, 2.24) is 19.8 Å². The number of hydrogen-bond donors (Lipinski definition) is 0. The summed E-state index contributed by atoms with van der Waals surface area (Å²) >= 11 is 6.65. The van der Waals surface area contributed by atoms with Gasteiger partial charge in [0.15, 0.2) is 5.83 Å². The number of likely N-dealkylation sites (tertiary alicyclic amines) is 1. The molecule has 9 nitrogen and oxygen atoms in total. The van der Waals surface area contributed by atoms with Gasteiger partial charge >= 0.3 is 6.01 Å². The van der Waals surface area contributed by atoms with E-state index in [4.69, 9.17) is 32.7 Å². The summed E-state index contributed by atoms with van der Waals surface area (Å²) in [5.41, 5.74) is 4.71. The molecule has 1 aromatic heterocycles. The number of fused-ring (bicyclic) bond motifs is 1. The minimum absolute atomic E-state index is 0.0655. The maximum Gasteiger partial charge on any atom is 0.318 e. The van der Waals surface area contributed by atoms with Crippen molar-refractivity contribution in [1.29, 1.82) is 5.26 Å². The molecule has 4 heterocycles. The van der Waals surface area contributed by atoms with Crippen molar-refractivity contribution in [2.45, 2.75) is 51.2 Å². The minimum Gasteiger partial charge on any atom is -0.462 e. The fraction of sp³-hybridized carbons (Fsp3) is 0.455. The predicted molar refractivity (Wildman–Crippen MR) is 170 cm³/mol. The van der Waals surface area contributed by atoms with Gasteiger partial charge in [0, 0.05) is 55.1 Å². The van der Waals surface area contributed by atoms with E-state index in [0.717, 1.165) is 53.3 Å². The molecule has 1 aromatic carbocycles. The van der Waals surface area contributed by atoms with Gasteiger partial charge in [-0.25, -0.2) is 4.39 Å². The Bertz CT molecular complexity index is 1550. The van der Waals surface area contributed by atoms with Crippen LogP contribution in [0.2, 0.25) is 0 Å². The Morgan fingerprint density at radius 1 is 1.25 bits per heavy atom. The lowest BCUT2D eigenvalue weighted by Crippen LogP contribution is -2.55. The summed E-state index contributed by atoms with van der Waals surface area (Å²) in [5.74, 6) is 1.46. The number of likely N-dealkylation sites (N-methyl/N-ethyl adjacent to an activating group) is 1. The Morgan fingerprint density at radius 3 is 2.77 bits per heavy atom. The first kappa shape index (κ1) is 31.3. The number of anilines is 2. The zero-order valence-electron chi connectivity index (χ0n) is 25.2. The number of amides is 1. The van der Waals surface area contributed by atoms with Gasteiger partial charge < -0.3 is 24.3 Å². The molecule has 5 rings (SSSR count). The van der Waals surface area contributed by atoms with E-state index < -0.39 is 17.8 Å². The zero-order chi connectivity index (χ0) is 31.4. The smallest absolute Gasteiger partial charge is 0.318 e. The number of hydrogen-bond acceptors (Lipinski definition) is 8. The number of allylic oxidation sites excluding steroid dienone is 1. The summed E-state index contributed by atoms with van der Waals surface area (Å²) in [5, 5.41) is 10.0. The molecule has 2 atom stereocenters. The van der Waals surface area contributed by atoms with Crippen molar-refractivity contribution in [2.24, 2.45) is 0 Å². The second kappa shape index (κ2) is 13.7. The number of rotatable bonds is 8. The summed E-state index contributed by atoms with van der Waals surface area (Å²) in [7, 11) is 2.10. The standard InChI is InChI=1S/C33H37ClFN7O2/c1-5-8-27(34)30-22(2)9-6-11-29(30)40-16-13-26-28(20-40)37-33(44-21-25-10-7-15-39(25)4)38-31(26)41-17-18-42(32(43)23(3)35)24(19-41)12-14-36/h1,6,8-9,11,24-25H,3,7,10,12-13,15-21H2,2,4H3/b27-8+/t24-,25-/m0/s1. The molecular weight excluding hydrogens is 581 g/mol. The molecule has 230 valence electrons. The fourth-order valence-electron chi connectivity index (χ4n) is 6.40. The number of nitriles is 1. The van der Waals surface area contributed by atoms with E-state index in [1.165, 1.54) is 4.90 Å². The molecular formula is C33H37ClFN7O2. The van der Waals surface area contributed by atoms with Gasteiger partial charge in [-0.1, -0.05) is 36.2 Å². The van der Waals surface area contributed by atoms with Crippen molar-refractivity contribution >= 4 is 34.0 Å². The van der Waals surface area contributed by atoms with Crippen LogP contribution in [0.3, 0.4) is 0 Å². The third kappa shape index (κ3) is 6.52. The van der Waals surface area contributed by atoms with Gasteiger partial charge in [-0.2, -0.15) is 15.2 Å². The van der Waals surface area contributed by atoms with Crippen molar-refractivity contribution in [3.8, 4) is 24.4 Å². The largest absolute Gasteiger partial charge is 0.462 e. The molecule has 2 aromatic rings. The van der Waals surface area contributed by atoms with Gasteiger partial charge in [-0.3, -0.25) is 4.79 Å². The molecule has 11 heteroatoms. The molecule has 2 saturated heterocycles. The minimum atomic E-state index is -1.03. The molecule has 1 amide bonds. The van der Waals surface area contributed by atoms with Gasteiger partial charge in [0.1, 0.15) is 12.4 Å². The van der Waals surface area contributed by atoms with E-state index in [9.17, 15) is 14.4 Å². The maximum absolute atomic E-state index is 13.8. The lowest BCUT2D eigenvalue weighted by molar-refractivity contribution is -0.131. The van der Waals surface area contributed by atoms with E-state index in [0.29, 0.717) is 50.2 Å². The third-order valence-corrected chi connectivity index (χ3v) is 9.04. The van der Waals surface area contributed by atoms with Gasteiger partial charge in [-0.05, 0) is 51.4 Å². The normalized spacial score (nSPS) is 20.6. The van der Waals surface area contributed by atoms with Crippen LogP contribution in [0.1, 0.15) is 41.6 Å². The second-order valence-electron chi connectivity index (χ2n) is 11.5. The Balaban J connectivity index is 1.49. The highest BCUT2D eigenvalue weighted by Crippen LogP contribution is 2.37. The number of piperazine rings is 1. The summed E-state index contributed by atoms with van der Waals surface area (Å²) in [6.45, 7) is 8.88. The molecule has 0 aliphatic carbocycles. The molecule has 0 N–H and O–H groups in total. The summed E-state index contributed by atoms with van der Waals surface area (Å²) in [6.07, 6.45) is 10.0. The first-order valence-electron chi connectivity index (χ1n) is 14.9. The number of aromatic nitrogens is 2. The molecule has 0 radical (unpaired) electrons. The topological polar surface area (TPSA) is 88.8 Å². The summed E-state index contributed by atoms with van der Waals surface area (Å²) < 4.78 is 20.0. The van der Waals surface area contributed by atoms with Crippen LogP contribution >= 0.6 is 11.6 Å². The lowest BCUT2D eigenvalue weighted by Gasteiger charge is -2.42. The van der Waals surface area contributed by atoms with Crippen LogP contribution in [0, 0.1) is 30.6 Å². The van der Waals surface area contributed by atoms with Crippen LogP contribution in [0.4, 0.5) is 15.9 Å². The Kier molecular flexibility index (Phi) is 9.73. The van der Waals surface area contributed by atoms with Crippen LogP contribution < -0.4 is 14.5 Å². The number of nitrogens with zero attached hydrogens (tertiary/aromatic N) is 7. The number of aryl methyl sites for hydroxylation is 1. The number of ether oxygens (including phenoxy) is 1. The average Bonchev–Trinajstić information content (AvgIpc) is 3.43. The fourth-order valence-corrected chi connectivity index (χ4v) is 6.71. The van der Waals surface area contributed by atoms with Gasteiger partial charge in [-0.15, -0.1) is 6.42 Å². The number of halogens is 2. The summed E-state index contributed by atoms with van der Waals surface area (Å²) in [4.78, 5) is 30.3. The van der Waals surface area contributed by atoms with Crippen molar-refractivity contribution in [2.75, 3.05) is 56.2 Å². The molecule has 0 spiro atoms. The number of benzene rings is 1. The number of terminal acetylenes is 1. The van der Waals surface area contributed by atoms with E-state index in [-0.39, 0.29) is 19.0 Å². The monoisotopic (exact) mass is 617 g/mol. The van der Waals surface area contributed by atoms with E-state index >= 15 is 0 Å². The van der Waals surface area contributed by atoms with Crippen LogP contribution in [-0.2, 0) is 17.8 Å². The van der Waals surface area contributed by atoms with Gasteiger partial charge in [0.25, 0.3) is 5.91 Å². The highest BCUT2D eigenvalue weighted by Gasteiger charge is 2.35. The quantitative estimate of drug-likeness (QED) is 0.317. The summed E-state index contributed by atoms with van der Waals surface area (Å²) in [6, 6.07) is 8.28. The van der Waals surface area contributed by atoms with Crippen molar-refractivity contribution in [3.05, 3.63) is 59.1 Å². The SMILES string of the molecule is C#C/C=C(/Cl)c1c(C)cccc1N1CCc2c(nc(OC[C@@H]3CCCN3C)nc2N2CCN(C(=O)C(=C)F)[C@@H](CC#N)C2)C1. The Morgan fingerprint density at radius 2 is 2.07 bits per heavy atom. The molecule has 0 saturated carbocycles. The van der Waals surface area contributed by atoms with Crippen LogP contribution in [0.25, 0.3) is 5.03 Å². The van der Waals surface area contributed by atoms with Crippen LogP contribution in [0.15, 0.2) is 36.7 Å². The van der Waals surface area contributed by atoms with Crippen LogP contribution in [-0.4, -0.2) is 84.1 Å². The van der Waals surface area contributed by atoms with E-state index in [2.05, 4.69) is 40.3 Å². The lowest BCUT2D eigenvalue weighted by atomic mass is 9.99. The molecule has 2 fully saturated rings. The first-order valence-corrected chi connectivity index (χ1v) is 15.3. The number of carbonyl (C=O) groups excluding carboxylic acids is 1. The maximum atomic E-state index is 13.8. The predicted octanol–water partition coefficient (Wildman–Crippen LogP) is 4.45. The highest BCUT2D eigenvalue weighted by atomic mass is 35.5.